The van der Waals surface area contributed by atoms with Gasteiger partial charge in [0.2, 0.25) is 0 Å². The van der Waals surface area contributed by atoms with Crippen molar-refractivity contribution in [3.8, 4) is 5.75 Å². The quantitative estimate of drug-likeness (QED) is 0.765. The molecule has 0 radical (unpaired) electrons. The van der Waals surface area contributed by atoms with E-state index in [-0.39, 0.29) is 24.3 Å². The van der Waals surface area contributed by atoms with Crippen molar-refractivity contribution in [2.24, 2.45) is 0 Å². The fourth-order valence-electron chi connectivity index (χ4n) is 3.30. The van der Waals surface area contributed by atoms with E-state index in [1.54, 1.807) is 24.3 Å². The molecule has 3 rings (SSSR count). The van der Waals surface area contributed by atoms with Gasteiger partial charge in [0.1, 0.15) is 5.75 Å². The van der Waals surface area contributed by atoms with Crippen LogP contribution < -0.4 is 10.1 Å². The van der Waals surface area contributed by atoms with Crippen LogP contribution in [0.1, 0.15) is 35.7 Å². The van der Waals surface area contributed by atoms with Crippen LogP contribution in [-0.2, 0) is 11.3 Å². The van der Waals surface area contributed by atoms with Crippen LogP contribution in [0.2, 0.25) is 0 Å². The number of ether oxygens (including phenoxy) is 1. The summed E-state index contributed by atoms with van der Waals surface area (Å²) in [5.74, 6) is 0.396. The van der Waals surface area contributed by atoms with Crippen molar-refractivity contribution in [1.82, 2.24) is 10.2 Å². The van der Waals surface area contributed by atoms with Crippen molar-refractivity contribution in [1.29, 1.82) is 0 Å². The SMILES string of the molecule is CC(=O)c1cccc(OCC(=O)NC2CCN(Cc3ccccc3)CC2)c1. The summed E-state index contributed by atoms with van der Waals surface area (Å²) in [6.45, 7) is 4.38. The summed E-state index contributed by atoms with van der Waals surface area (Å²) >= 11 is 0. The number of nitrogens with one attached hydrogen (secondary N) is 1. The van der Waals surface area contributed by atoms with Crippen molar-refractivity contribution in [2.45, 2.75) is 32.4 Å². The molecule has 0 saturated carbocycles. The van der Waals surface area contributed by atoms with Gasteiger partial charge in [-0.2, -0.15) is 0 Å². The van der Waals surface area contributed by atoms with E-state index in [1.165, 1.54) is 12.5 Å². The highest BCUT2D eigenvalue weighted by Gasteiger charge is 2.20. The number of amides is 1. The first-order valence-electron chi connectivity index (χ1n) is 9.39. The zero-order valence-corrected chi connectivity index (χ0v) is 15.7. The molecule has 1 fully saturated rings. The second kappa shape index (κ2) is 9.33. The smallest absolute Gasteiger partial charge is 0.258 e. The highest BCUT2D eigenvalue weighted by atomic mass is 16.5. The molecule has 1 saturated heterocycles. The molecule has 1 aliphatic rings. The first kappa shape index (κ1) is 19.1. The highest BCUT2D eigenvalue weighted by molar-refractivity contribution is 5.94. The Morgan fingerprint density at radius 1 is 1.07 bits per heavy atom. The number of hydrogen-bond acceptors (Lipinski definition) is 4. The number of rotatable bonds is 7. The molecule has 0 unspecified atom stereocenters. The zero-order valence-electron chi connectivity index (χ0n) is 15.7. The largest absolute Gasteiger partial charge is 0.484 e. The fraction of sp³-hybridized carbons (Fsp3) is 0.364. The number of carbonyl (C=O) groups is 2. The van der Waals surface area contributed by atoms with Gasteiger partial charge in [0.25, 0.3) is 5.91 Å². The summed E-state index contributed by atoms with van der Waals surface area (Å²) in [6, 6.07) is 17.5. The lowest BCUT2D eigenvalue weighted by atomic mass is 10.0. The second-order valence-corrected chi connectivity index (χ2v) is 6.98. The molecule has 0 bridgehead atoms. The molecule has 0 atom stereocenters. The Labute approximate surface area is 160 Å². The van der Waals surface area contributed by atoms with E-state index in [1.807, 2.05) is 6.07 Å². The van der Waals surface area contributed by atoms with Crippen LogP contribution in [0, 0.1) is 0 Å². The number of ketones is 1. The average Bonchev–Trinajstić information content (AvgIpc) is 2.69. The lowest BCUT2D eigenvalue weighted by Crippen LogP contribution is -2.45. The van der Waals surface area contributed by atoms with E-state index in [0.29, 0.717) is 11.3 Å². The maximum absolute atomic E-state index is 12.2. The van der Waals surface area contributed by atoms with E-state index in [4.69, 9.17) is 4.74 Å². The number of hydrogen-bond donors (Lipinski definition) is 1. The second-order valence-electron chi connectivity index (χ2n) is 6.98. The predicted molar refractivity (Wildman–Crippen MR) is 105 cm³/mol. The van der Waals surface area contributed by atoms with Gasteiger partial charge in [0, 0.05) is 31.2 Å². The maximum atomic E-state index is 12.2. The molecular weight excluding hydrogens is 340 g/mol. The molecule has 2 aromatic carbocycles. The van der Waals surface area contributed by atoms with Gasteiger partial charge in [-0.15, -0.1) is 0 Å². The number of Topliss-reactive ketones (excluding diaryl/α,β-unsaturated/α-hetero) is 1. The van der Waals surface area contributed by atoms with Crippen molar-refractivity contribution < 1.29 is 14.3 Å². The Hall–Kier alpha value is -2.66. The molecule has 1 heterocycles. The fourth-order valence-corrected chi connectivity index (χ4v) is 3.30. The number of nitrogens with zero attached hydrogens (tertiary/aromatic N) is 1. The standard InChI is InChI=1S/C22H26N2O3/c1-17(25)19-8-5-9-21(14-19)27-16-22(26)23-20-10-12-24(13-11-20)15-18-6-3-2-4-7-18/h2-9,14,20H,10-13,15-16H2,1H3,(H,23,26). The Balaban J connectivity index is 1.39. The van der Waals surface area contributed by atoms with E-state index in [9.17, 15) is 9.59 Å². The van der Waals surface area contributed by atoms with Crippen LogP contribution in [0.5, 0.6) is 5.75 Å². The Kier molecular flexibility index (Phi) is 6.60. The molecule has 0 spiro atoms. The lowest BCUT2D eigenvalue weighted by Gasteiger charge is -2.32. The third kappa shape index (κ3) is 5.93. The lowest BCUT2D eigenvalue weighted by molar-refractivity contribution is -0.124. The Morgan fingerprint density at radius 2 is 1.81 bits per heavy atom. The molecule has 0 aromatic heterocycles. The van der Waals surface area contributed by atoms with E-state index in [0.717, 1.165) is 32.5 Å². The van der Waals surface area contributed by atoms with Crippen LogP contribution in [0.15, 0.2) is 54.6 Å². The van der Waals surface area contributed by atoms with Crippen molar-refractivity contribution in [2.75, 3.05) is 19.7 Å². The summed E-state index contributed by atoms with van der Waals surface area (Å²) in [6.07, 6.45) is 1.89. The predicted octanol–water partition coefficient (Wildman–Crippen LogP) is 3.05. The van der Waals surface area contributed by atoms with E-state index >= 15 is 0 Å². The van der Waals surface area contributed by atoms with Crippen molar-refractivity contribution in [3.05, 3.63) is 65.7 Å². The first-order valence-corrected chi connectivity index (χ1v) is 9.39. The van der Waals surface area contributed by atoms with Crippen LogP contribution >= 0.6 is 0 Å². The van der Waals surface area contributed by atoms with Gasteiger partial charge in [-0.25, -0.2) is 0 Å². The summed E-state index contributed by atoms with van der Waals surface area (Å²) in [5, 5.41) is 3.05. The molecule has 2 aromatic rings. The van der Waals surface area contributed by atoms with Gasteiger partial charge in [-0.3, -0.25) is 14.5 Å². The van der Waals surface area contributed by atoms with Gasteiger partial charge < -0.3 is 10.1 Å². The Bertz CT molecular complexity index is 768. The molecule has 142 valence electrons. The summed E-state index contributed by atoms with van der Waals surface area (Å²) in [4.78, 5) is 26.0. The minimum atomic E-state index is -0.121. The number of piperidine rings is 1. The molecule has 5 heteroatoms. The average molecular weight is 366 g/mol. The minimum absolute atomic E-state index is 0.0211. The number of benzene rings is 2. The third-order valence-corrected chi connectivity index (χ3v) is 4.81. The van der Waals surface area contributed by atoms with E-state index in [2.05, 4.69) is 34.5 Å². The summed E-state index contributed by atoms with van der Waals surface area (Å²) < 4.78 is 5.53. The zero-order chi connectivity index (χ0) is 19.1. The molecule has 1 aliphatic heterocycles. The highest BCUT2D eigenvalue weighted by Crippen LogP contribution is 2.15. The number of likely N-dealkylation sites (tertiary alicyclic amines) is 1. The van der Waals surface area contributed by atoms with Crippen LogP contribution in [0.3, 0.4) is 0 Å². The molecule has 5 nitrogen and oxygen atoms in total. The van der Waals surface area contributed by atoms with Crippen molar-refractivity contribution in [3.63, 3.8) is 0 Å². The Morgan fingerprint density at radius 3 is 2.52 bits per heavy atom. The third-order valence-electron chi connectivity index (χ3n) is 4.81. The van der Waals surface area contributed by atoms with Gasteiger partial charge in [0.05, 0.1) is 0 Å². The topological polar surface area (TPSA) is 58.6 Å². The molecular formula is C22H26N2O3. The van der Waals surface area contributed by atoms with Crippen LogP contribution in [0.25, 0.3) is 0 Å². The summed E-state index contributed by atoms with van der Waals surface area (Å²) in [5.41, 5.74) is 1.90. The minimum Gasteiger partial charge on any atom is -0.484 e. The van der Waals surface area contributed by atoms with Crippen LogP contribution in [0.4, 0.5) is 0 Å². The maximum Gasteiger partial charge on any atom is 0.258 e. The summed E-state index contributed by atoms with van der Waals surface area (Å²) in [7, 11) is 0. The van der Waals surface area contributed by atoms with E-state index < -0.39 is 0 Å². The van der Waals surface area contributed by atoms with Crippen molar-refractivity contribution >= 4 is 11.7 Å². The number of carbonyl (C=O) groups excluding carboxylic acids is 2. The monoisotopic (exact) mass is 366 g/mol. The molecule has 1 N–H and O–H groups in total. The van der Waals surface area contributed by atoms with Gasteiger partial charge in [-0.1, -0.05) is 42.5 Å². The normalized spacial score (nSPS) is 15.3. The van der Waals surface area contributed by atoms with Gasteiger partial charge >= 0.3 is 0 Å². The van der Waals surface area contributed by atoms with Crippen LogP contribution in [-0.4, -0.2) is 42.3 Å². The first-order chi connectivity index (χ1) is 13.1. The van der Waals surface area contributed by atoms with Gasteiger partial charge in [0.15, 0.2) is 12.4 Å². The molecule has 0 aliphatic carbocycles. The molecule has 27 heavy (non-hydrogen) atoms. The molecule has 1 amide bonds. The van der Waals surface area contributed by atoms with Gasteiger partial charge in [-0.05, 0) is 37.5 Å².